The lowest BCUT2D eigenvalue weighted by atomic mass is 10.0. The number of halogens is 1. The molecular weight excluding hydrogens is 878 g/mol. The minimum Gasteiger partial charge on any atom is -0.459 e. The Labute approximate surface area is 382 Å². The summed E-state index contributed by atoms with van der Waals surface area (Å²) in [5.74, 6) is -2.40. The second-order valence-electron chi connectivity index (χ2n) is 19.0. The Kier molecular flexibility index (Phi) is 12.4. The second kappa shape index (κ2) is 17.4. The predicted octanol–water partition coefficient (Wildman–Crippen LogP) is 7.70. The van der Waals surface area contributed by atoms with Gasteiger partial charge in [-0.05, 0) is 98.3 Å². The molecule has 4 aromatic rings. The van der Waals surface area contributed by atoms with E-state index in [9.17, 15) is 27.6 Å². The van der Waals surface area contributed by atoms with Gasteiger partial charge in [-0.2, -0.15) is 4.98 Å². The summed E-state index contributed by atoms with van der Waals surface area (Å²) in [4.78, 5) is 68.1. The number of allylic oxidation sites excluding steroid dienone is 1. The largest absolute Gasteiger partial charge is 0.459 e. The van der Waals surface area contributed by atoms with Crippen LogP contribution in [0.15, 0.2) is 60.0 Å². The highest BCUT2D eigenvalue weighted by atomic mass is 35.5. The molecule has 5 atom stereocenters. The number of benzene rings is 2. The van der Waals surface area contributed by atoms with Crippen LogP contribution in [0, 0.1) is 5.92 Å². The Morgan fingerprint density at radius 2 is 1.78 bits per heavy atom. The van der Waals surface area contributed by atoms with Crippen molar-refractivity contribution in [2.75, 3.05) is 6.54 Å². The quantitative estimate of drug-likeness (QED) is 0.140. The van der Waals surface area contributed by atoms with Gasteiger partial charge in [-0.3, -0.25) is 23.7 Å². The first-order valence-corrected chi connectivity index (χ1v) is 24.8. The highest BCUT2D eigenvalue weighted by Gasteiger charge is 2.63. The number of imidazole rings is 1. The molecule has 4 aliphatic rings. The van der Waals surface area contributed by atoms with Crippen molar-refractivity contribution >= 4 is 67.8 Å². The van der Waals surface area contributed by atoms with Crippen LogP contribution in [0.3, 0.4) is 0 Å². The Morgan fingerprint density at radius 1 is 1.03 bits per heavy atom. The smallest absolute Gasteiger partial charge is 0.408 e. The molecule has 2 aliphatic carbocycles. The number of carbonyl (C=O) groups is 4. The van der Waals surface area contributed by atoms with Gasteiger partial charge in [0.25, 0.3) is 11.9 Å². The van der Waals surface area contributed by atoms with Crippen LogP contribution >= 0.6 is 22.9 Å². The van der Waals surface area contributed by atoms with Crippen LogP contribution in [-0.4, -0.2) is 92.3 Å². The first kappa shape index (κ1) is 45.6. The Balaban J connectivity index is 1.12. The van der Waals surface area contributed by atoms with Gasteiger partial charge in [0.05, 0.1) is 22.5 Å². The molecule has 4 amide bonds. The van der Waals surface area contributed by atoms with Gasteiger partial charge in [0.15, 0.2) is 0 Å². The Hall–Kier alpha value is -5.00. The van der Waals surface area contributed by atoms with Crippen molar-refractivity contribution in [2.45, 2.75) is 139 Å². The van der Waals surface area contributed by atoms with E-state index in [-0.39, 0.29) is 31.4 Å². The maximum atomic E-state index is 14.8. The highest BCUT2D eigenvalue weighted by molar-refractivity contribution is 7.91. The lowest BCUT2D eigenvalue weighted by Crippen LogP contribution is -2.58. The number of para-hydroxylation sites is 1. The van der Waals surface area contributed by atoms with Crippen molar-refractivity contribution in [3.05, 3.63) is 65.0 Å². The lowest BCUT2D eigenvalue weighted by Gasteiger charge is -2.30. The van der Waals surface area contributed by atoms with Crippen LogP contribution in [0.2, 0.25) is 5.02 Å². The summed E-state index contributed by atoms with van der Waals surface area (Å²) >= 11 is 7.99. The van der Waals surface area contributed by atoms with Crippen LogP contribution < -0.4 is 20.1 Å². The number of ether oxygens (including phenoxy) is 2. The number of nitrogens with one attached hydrogen (secondary N) is 3. The van der Waals surface area contributed by atoms with E-state index in [0.717, 1.165) is 40.2 Å². The van der Waals surface area contributed by atoms with E-state index in [1.807, 2.05) is 78.4 Å². The molecule has 3 fully saturated rings. The van der Waals surface area contributed by atoms with Crippen molar-refractivity contribution in [1.82, 2.24) is 34.8 Å². The summed E-state index contributed by atoms with van der Waals surface area (Å²) in [6, 6.07) is 11.4. The summed E-state index contributed by atoms with van der Waals surface area (Å²) < 4.78 is 42.1. The fraction of sp³-hybridized carbons (Fsp3) is 0.522. The van der Waals surface area contributed by atoms with Crippen molar-refractivity contribution < 1.29 is 37.1 Å². The van der Waals surface area contributed by atoms with Gasteiger partial charge in [-0.15, -0.1) is 11.3 Å². The average Bonchev–Trinajstić information content (AvgIpc) is 3.90. The van der Waals surface area contributed by atoms with E-state index in [1.165, 1.54) is 16.2 Å². The Bertz CT molecular complexity index is 2620. The minimum atomic E-state index is -4.02. The summed E-state index contributed by atoms with van der Waals surface area (Å²) in [6.07, 6.45) is 6.49. The van der Waals surface area contributed by atoms with Crippen LogP contribution in [-0.2, 0) is 29.1 Å². The molecule has 64 heavy (non-hydrogen) atoms. The van der Waals surface area contributed by atoms with E-state index in [4.69, 9.17) is 31.0 Å². The highest BCUT2D eigenvalue weighted by Crippen LogP contribution is 2.48. The summed E-state index contributed by atoms with van der Waals surface area (Å²) in [5, 5.41) is 8.99. The normalized spacial score (nSPS) is 25.3. The van der Waals surface area contributed by atoms with Gasteiger partial charge >= 0.3 is 6.09 Å². The van der Waals surface area contributed by atoms with Crippen molar-refractivity contribution in [1.29, 1.82) is 0 Å². The molecule has 8 rings (SSSR count). The van der Waals surface area contributed by atoms with Gasteiger partial charge in [0, 0.05) is 39.9 Å². The monoisotopic (exact) mass is 933 g/mol. The van der Waals surface area contributed by atoms with E-state index < -0.39 is 73.8 Å². The number of hydrogen-bond acceptors (Lipinski definition) is 11. The fourth-order valence-electron chi connectivity index (χ4n) is 8.59. The molecule has 0 radical (unpaired) electrons. The molecular formula is C46H56ClN7O8S2. The van der Waals surface area contributed by atoms with Gasteiger partial charge in [-0.1, -0.05) is 60.9 Å². The van der Waals surface area contributed by atoms with Crippen LogP contribution in [0.25, 0.3) is 32.9 Å². The number of amides is 4. The first-order chi connectivity index (χ1) is 30.3. The van der Waals surface area contributed by atoms with Gasteiger partial charge in [0.1, 0.15) is 39.9 Å². The fourth-order valence-corrected chi connectivity index (χ4v) is 11.0. The third kappa shape index (κ3) is 9.25. The molecule has 3 N–H and O–H groups in total. The Morgan fingerprint density at radius 3 is 2.50 bits per heavy atom. The number of fused-ring (bicyclic) bond motifs is 3. The SMILES string of the molecule is CC(C)n1c(O[C@@H]2C[C@H]3C(=O)N[C@]4(C(=O)NS(=O)(=O)C5(C)CC5)C[C@H]4/C=C\CCCCC[C@H](NC(=O)OC(C)(C)C)C(=O)N3C2)nc2c(-c3nc(-c4ccccc4Cl)cs3)cccc21. The van der Waals surface area contributed by atoms with E-state index in [0.29, 0.717) is 42.6 Å². The van der Waals surface area contributed by atoms with Crippen molar-refractivity contribution in [2.24, 2.45) is 5.92 Å². The van der Waals surface area contributed by atoms with E-state index in [2.05, 4.69) is 15.4 Å². The molecule has 4 heterocycles. The van der Waals surface area contributed by atoms with Crippen LogP contribution in [0.4, 0.5) is 4.79 Å². The van der Waals surface area contributed by atoms with Crippen molar-refractivity contribution in [3.63, 3.8) is 0 Å². The third-order valence-electron chi connectivity index (χ3n) is 12.5. The van der Waals surface area contributed by atoms with Crippen LogP contribution in [0.5, 0.6) is 6.01 Å². The molecule has 2 aromatic heterocycles. The molecule has 0 unspecified atom stereocenters. The lowest BCUT2D eigenvalue weighted by molar-refractivity contribution is -0.141. The molecule has 18 heteroatoms. The van der Waals surface area contributed by atoms with Gasteiger partial charge in [-0.25, -0.2) is 18.2 Å². The number of rotatable bonds is 9. The maximum absolute atomic E-state index is 14.8. The van der Waals surface area contributed by atoms with Gasteiger partial charge < -0.3 is 25.0 Å². The van der Waals surface area contributed by atoms with Crippen LogP contribution in [0.1, 0.15) is 105 Å². The third-order valence-corrected chi connectivity index (χ3v) is 15.9. The second-order valence-corrected chi connectivity index (χ2v) is 22.4. The number of sulfonamides is 1. The zero-order valence-corrected chi connectivity index (χ0v) is 39.4. The van der Waals surface area contributed by atoms with E-state index in [1.54, 1.807) is 27.7 Å². The minimum absolute atomic E-state index is 0.0210. The number of hydrogen-bond donors (Lipinski definition) is 3. The summed E-state index contributed by atoms with van der Waals surface area (Å²) in [7, 11) is -4.02. The topological polar surface area (TPSA) is 191 Å². The summed E-state index contributed by atoms with van der Waals surface area (Å²) in [6.45, 7) is 10.8. The van der Waals surface area contributed by atoms with Crippen molar-refractivity contribution in [3.8, 4) is 27.8 Å². The predicted molar refractivity (Wildman–Crippen MR) is 245 cm³/mol. The standard InChI is InChI=1S/C46H56ClN7O8S2/c1-27(2)54-35-20-14-17-31(39-48-34(26-63-39)30-16-12-13-18-32(30)47)37(35)50-42(54)61-29-23-36-38(55)51-46(41(57)52-64(59,60)45(6)21-22-45)24-28(46)15-10-8-7-9-11-19-33(40(56)53(36)25-29)49-43(58)62-44(3,4)5/h10,12-18,20,26-29,33,36H,7-9,11,19,21-25H2,1-6H3,(H,49,58)(H,51,55)(H,52,57)/b15-10-/t28-,29-,33+,36+,46-/m1/s1. The molecule has 2 aromatic carbocycles. The zero-order valence-electron chi connectivity index (χ0n) is 37.0. The molecule has 1 saturated heterocycles. The maximum Gasteiger partial charge on any atom is 0.408 e. The number of nitrogens with zero attached hydrogens (tertiary/aromatic N) is 4. The molecule has 2 aliphatic heterocycles. The number of aromatic nitrogens is 3. The zero-order chi connectivity index (χ0) is 45.8. The van der Waals surface area contributed by atoms with E-state index >= 15 is 0 Å². The molecule has 15 nitrogen and oxygen atoms in total. The first-order valence-electron chi connectivity index (χ1n) is 22.0. The number of thiazole rings is 1. The van der Waals surface area contributed by atoms with Gasteiger partial charge in [0.2, 0.25) is 21.8 Å². The number of alkyl carbamates (subject to hydrolysis) is 1. The molecule has 2 saturated carbocycles. The molecule has 0 bridgehead atoms. The average molecular weight is 935 g/mol. The molecule has 0 spiro atoms. The number of carbonyl (C=O) groups excluding carboxylic acids is 4. The molecule has 342 valence electrons. The summed E-state index contributed by atoms with van der Waals surface area (Å²) in [5.41, 5.74) is 1.45.